The molecule has 2 rings (SSSR count). The molecule has 25 heavy (non-hydrogen) atoms. The van der Waals surface area contributed by atoms with Gasteiger partial charge in [0, 0.05) is 19.7 Å². The minimum Gasteiger partial charge on any atom is -0.462 e. The van der Waals surface area contributed by atoms with Gasteiger partial charge in [-0.3, -0.25) is 4.79 Å². The predicted molar refractivity (Wildman–Crippen MR) is 91.9 cm³/mol. The first-order valence-corrected chi connectivity index (χ1v) is 7.78. The van der Waals surface area contributed by atoms with Crippen LogP contribution in [0.15, 0.2) is 36.7 Å². The van der Waals surface area contributed by atoms with E-state index in [2.05, 4.69) is 20.6 Å². The minimum absolute atomic E-state index is 0.210. The molecule has 0 saturated carbocycles. The fourth-order valence-electron chi connectivity index (χ4n) is 2.02. The summed E-state index contributed by atoms with van der Waals surface area (Å²) >= 11 is 0. The Hall–Kier alpha value is -3.00. The molecule has 0 aliphatic heterocycles. The summed E-state index contributed by atoms with van der Waals surface area (Å²) in [6, 6.07) is 8.41. The van der Waals surface area contributed by atoms with E-state index in [1.807, 2.05) is 0 Å². The number of para-hydroxylation sites is 1. The highest BCUT2D eigenvalue weighted by Crippen LogP contribution is 2.20. The van der Waals surface area contributed by atoms with Gasteiger partial charge in [0.15, 0.2) is 0 Å². The summed E-state index contributed by atoms with van der Waals surface area (Å²) < 4.78 is 9.92. The van der Waals surface area contributed by atoms with E-state index in [1.165, 1.54) is 12.4 Å². The second kappa shape index (κ2) is 9.33. The van der Waals surface area contributed by atoms with Crippen molar-refractivity contribution in [3.8, 4) is 0 Å². The van der Waals surface area contributed by atoms with E-state index in [-0.39, 0.29) is 18.2 Å². The standard InChI is InChI=1S/C17H20N4O4/c1-3-25-17(23)12-6-4-5-7-13(12)21-15-10-14(19-11-20-15)16(22)18-8-9-24-2/h4-7,10-11H,3,8-9H2,1-2H3,(H,18,22)(H,19,20,21). The lowest BCUT2D eigenvalue weighted by atomic mass is 10.2. The van der Waals surface area contributed by atoms with Crippen LogP contribution in [-0.2, 0) is 9.47 Å². The number of carbonyl (C=O) groups excluding carboxylic acids is 2. The number of ether oxygens (including phenoxy) is 2. The molecule has 2 N–H and O–H groups in total. The lowest BCUT2D eigenvalue weighted by Gasteiger charge is -2.11. The molecule has 0 spiro atoms. The number of benzene rings is 1. The van der Waals surface area contributed by atoms with Crippen LogP contribution in [0.1, 0.15) is 27.8 Å². The first-order valence-electron chi connectivity index (χ1n) is 7.78. The summed E-state index contributed by atoms with van der Waals surface area (Å²) in [4.78, 5) is 32.1. The topological polar surface area (TPSA) is 102 Å². The summed E-state index contributed by atoms with van der Waals surface area (Å²) in [5.41, 5.74) is 1.13. The number of methoxy groups -OCH3 is 1. The van der Waals surface area contributed by atoms with Gasteiger partial charge in [-0.1, -0.05) is 12.1 Å². The smallest absolute Gasteiger partial charge is 0.340 e. The number of carbonyl (C=O) groups is 2. The van der Waals surface area contributed by atoms with Crippen LogP contribution in [0, 0.1) is 0 Å². The van der Waals surface area contributed by atoms with Gasteiger partial charge in [0.05, 0.1) is 24.5 Å². The predicted octanol–water partition coefficient (Wildman–Crippen LogP) is 1.77. The summed E-state index contributed by atoms with van der Waals surface area (Å²) in [7, 11) is 1.56. The molecule has 1 aromatic heterocycles. The maximum Gasteiger partial charge on any atom is 0.340 e. The Bertz CT molecular complexity index is 736. The van der Waals surface area contributed by atoms with Crippen LogP contribution in [0.4, 0.5) is 11.5 Å². The lowest BCUT2D eigenvalue weighted by molar-refractivity contribution is 0.0527. The molecular weight excluding hydrogens is 324 g/mol. The van der Waals surface area contributed by atoms with Gasteiger partial charge in [-0.2, -0.15) is 0 Å². The highest BCUT2D eigenvalue weighted by atomic mass is 16.5. The minimum atomic E-state index is -0.433. The summed E-state index contributed by atoms with van der Waals surface area (Å²) in [5, 5.41) is 5.70. The number of hydrogen-bond donors (Lipinski definition) is 2. The molecule has 0 radical (unpaired) electrons. The average molecular weight is 344 g/mol. The van der Waals surface area contributed by atoms with E-state index >= 15 is 0 Å². The van der Waals surface area contributed by atoms with Crippen LogP contribution in [-0.4, -0.2) is 48.7 Å². The fraction of sp³-hybridized carbons (Fsp3) is 0.294. The zero-order chi connectivity index (χ0) is 18.1. The Morgan fingerprint density at radius 3 is 2.76 bits per heavy atom. The zero-order valence-electron chi connectivity index (χ0n) is 14.1. The van der Waals surface area contributed by atoms with Crippen molar-refractivity contribution < 1.29 is 19.1 Å². The van der Waals surface area contributed by atoms with E-state index in [4.69, 9.17) is 9.47 Å². The number of rotatable bonds is 8. The Kier molecular flexibility index (Phi) is 6.85. The van der Waals surface area contributed by atoms with Crippen molar-refractivity contribution in [3.05, 3.63) is 47.9 Å². The van der Waals surface area contributed by atoms with Gasteiger partial charge < -0.3 is 20.1 Å². The van der Waals surface area contributed by atoms with Crippen molar-refractivity contribution >= 4 is 23.4 Å². The maximum absolute atomic E-state index is 12.0. The van der Waals surface area contributed by atoms with E-state index in [1.54, 1.807) is 38.3 Å². The number of nitrogens with one attached hydrogen (secondary N) is 2. The summed E-state index contributed by atoms with van der Waals surface area (Å²) in [5.74, 6) is -0.373. The van der Waals surface area contributed by atoms with Gasteiger partial charge in [-0.25, -0.2) is 14.8 Å². The largest absolute Gasteiger partial charge is 0.462 e. The third-order valence-electron chi connectivity index (χ3n) is 3.18. The van der Waals surface area contributed by atoms with Gasteiger partial charge in [0.1, 0.15) is 17.8 Å². The number of anilines is 2. The van der Waals surface area contributed by atoms with E-state index in [9.17, 15) is 9.59 Å². The van der Waals surface area contributed by atoms with Crippen molar-refractivity contribution in [1.29, 1.82) is 0 Å². The quantitative estimate of drug-likeness (QED) is 0.556. The van der Waals surface area contributed by atoms with Crippen LogP contribution in [0.2, 0.25) is 0 Å². The third kappa shape index (κ3) is 5.25. The first kappa shape index (κ1) is 18.3. The summed E-state index contributed by atoms with van der Waals surface area (Å²) in [6.45, 7) is 2.82. The van der Waals surface area contributed by atoms with Gasteiger partial charge in [-0.15, -0.1) is 0 Å². The van der Waals surface area contributed by atoms with Crippen LogP contribution >= 0.6 is 0 Å². The number of nitrogens with zero attached hydrogens (tertiary/aromatic N) is 2. The van der Waals surface area contributed by atoms with E-state index in [0.717, 1.165) is 0 Å². The molecule has 0 unspecified atom stereocenters. The SMILES string of the molecule is CCOC(=O)c1ccccc1Nc1cc(C(=O)NCCOC)ncn1. The molecule has 0 saturated heterocycles. The van der Waals surface area contributed by atoms with Crippen molar-refractivity contribution in [1.82, 2.24) is 15.3 Å². The molecule has 2 aromatic rings. The van der Waals surface area contributed by atoms with Crippen molar-refractivity contribution in [2.75, 3.05) is 32.2 Å². The number of esters is 1. The Morgan fingerprint density at radius 1 is 1.20 bits per heavy atom. The molecule has 132 valence electrons. The second-order valence-electron chi connectivity index (χ2n) is 4.93. The fourth-order valence-corrected chi connectivity index (χ4v) is 2.02. The normalized spacial score (nSPS) is 10.2. The average Bonchev–Trinajstić information content (AvgIpc) is 2.63. The van der Waals surface area contributed by atoms with Crippen molar-refractivity contribution in [2.45, 2.75) is 6.92 Å². The van der Waals surface area contributed by atoms with E-state index < -0.39 is 5.97 Å². The van der Waals surface area contributed by atoms with Crippen molar-refractivity contribution in [2.24, 2.45) is 0 Å². The molecule has 0 bridgehead atoms. The molecule has 0 aliphatic rings. The van der Waals surface area contributed by atoms with Crippen molar-refractivity contribution in [3.63, 3.8) is 0 Å². The highest BCUT2D eigenvalue weighted by molar-refractivity contribution is 5.97. The first-order chi connectivity index (χ1) is 12.2. The number of aromatic nitrogens is 2. The number of amides is 1. The molecule has 1 aromatic carbocycles. The van der Waals surface area contributed by atoms with Gasteiger partial charge in [-0.05, 0) is 19.1 Å². The Morgan fingerprint density at radius 2 is 2.00 bits per heavy atom. The summed E-state index contributed by atoms with van der Waals surface area (Å²) in [6.07, 6.45) is 1.28. The molecule has 0 fully saturated rings. The molecule has 1 heterocycles. The van der Waals surface area contributed by atoms with Gasteiger partial charge in [0.2, 0.25) is 0 Å². The Balaban J connectivity index is 2.15. The molecule has 0 aliphatic carbocycles. The van der Waals surface area contributed by atoms with Crippen LogP contribution in [0.25, 0.3) is 0 Å². The van der Waals surface area contributed by atoms with Gasteiger partial charge >= 0.3 is 5.97 Å². The second-order valence-corrected chi connectivity index (χ2v) is 4.93. The molecule has 8 nitrogen and oxygen atoms in total. The molecular formula is C17H20N4O4. The molecule has 8 heteroatoms. The molecule has 1 amide bonds. The Labute approximate surface area is 145 Å². The maximum atomic E-state index is 12.0. The van der Waals surface area contributed by atoms with Crippen LogP contribution in [0.5, 0.6) is 0 Å². The third-order valence-corrected chi connectivity index (χ3v) is 3.18. The van der Waals surface area contributed by atoms with Crippen LogP contribution < -0.4 is 10.6 Å². The monoisotopic (exact) mass is 344 g/mol. The van der Waals surface area contributed by atoms with E-state index in [0.29, 0.717) is 30.2 Å². The van der Waals surface area contributed by atoms with Gasteiger partial charge in [0.25, 0.3) is 5.91 Å². The molecule has 0 atom stereocenters. The van der Waals surface area contributed by atoms with Crippen LogP contribution in [0.3, 0.4) is 0 Å². The highest BCUT2D eigenvalue weighted by Gasteiger charge is 2.13. The zero-order valence-corrected chi connectivity index (χ0v) is 14.1. The lowest BCUT2D eigenvalue weighted by Crippen LogP contribution is -2.27. The number of hydrogen-bond acceptors (Lipinski definition) is 7.